The van der Waals surface area contributed by atoms with Crippen LogP contribution in [0, 0.1) is 12.8 Å². The topological polar surface area (TPSA) is 63.8 Å². The van der Waals surface area contributed by atoms with E-state index < -0.39 is 0 Å². The van der Waals surface area contributed by atoms with Crippen LogP contribution < -0.4 is 5.32 Å². The highest BCUT2D eigenvalue weighted by molar-refractivity contribution is 5.87. The fourth-order valence-corrected chi connectivity index (χ4v) is 2.74. The lowest BCUT2D eigenvalue weighted by Gasteiger charge is -2.29. The van der Waals surface area contributed by atoms with Crippen LogP contribution in [0.3, 0.4) is 0 Å². The van der Waals surface area contributed by atoms with Gasteiger partial charge in [0.05, 0.1) is 5.69 Å². The molecule has 96 valence electrons. The third-order valence-electron chi connectivity index (χ3n) is 3.88. The molecule has 3 rings (SSSR count). The van der Waals surface area contributed by atoms with Crippen molar-refractivity contribution in [3.8, 4) is 0 Å². The molecular formula is C13H18N4O. The standard InChI is InChI=1S/C13H18N4O/c1-8-5-3-4-6-10(8)16-12-11-9(2)17-18-13(11)15-7-14-12/h7-8,10H,3-6H2,1-2H3,(H,14,15,16)/t8-,10-/m1/s1. The molecule has 0 spiro atoms. The molecule has 0 radical (unpaired) electrons. The van der Waals surface area contributed by atoms with Gasteiger partial charge in [0.25, 0.3) is 5.71 Å². The lowest BCUT2D eigenvalue weighted by molar-refractivity contribution is 0.349. The van der Waals surface area contributed by atoms with Gasteiger partial charge in [-0.1, -0.05) is 24.9 Å². The Balaban J connectivity index is 1.92. The number of hydrogen-bond donors (Lipinski definition) is 1. The molecular weight excluding hydrogens is 228 g/mol. The molecule has 1 aliphatic rings. The van der Waals surface area contributed by atoms with Gasteiger partial charge in [-0.3, -0.25) is 0 Å². The zero-order valence-electron chi connectivity index (χ0n) is 10.8. The minimum Gasteiger partial charge on any atom is -0.366 e. The maximum absolute atomic E-state index is 5.16. The Labute approximate surface area is 106 Å². The number of hydrogen-bond acceptors (Lipinski definition) is 5. The van der Waals surface area contributed by atoms with Gasteiger partial charge in [-0.25, -0.2) is 4.98 Å². The molecule has 0 unspecified atom stereocenters. The summed E-state index contributed by atoms with van der Waals surface area (Å²) in [5, 5.41) is 8.41. The number of fused-ring (bicyclic) bond motifs is 1. The van der Waals surface area contributed by atoms with E-state index in [1.54, 1.807) is 0 Å². The zero-order valence-corrected chi connectivity index (χ0v) is 10.8. The summed E-state index contributed by atoms with van der Waals surface area (Å²) < 4.78 is 5.16. The number of aromatic nitrogens is 3. The van der Waals surface area contributed by atoms with Crippen LogP contribution in [-0.2, 0) is 0 Å². The van der Waals surface area contributed by atoms with Gasteiger partial charge in [0.2, 0.25) is 0 Å². The largest absolute Gasteiger partial charge is 0.366 e. The molecule has 0 saturated heterocycles. The van der Waals surface area contributed by atoms with Crippen molar-refractivity contribution in [1.82, 2.24) is 15.1 Å². The first-order chi connectivity index (χ1) is 8.75. The summed E-state index contributed by atoms with van der Waals surface area (Å²) >= 11 is 0. The summed E-state index contributed by atoms with van der Waals surface area (Å²) in [6.07, 6.45) is 6.65. The van der Waals surface area contributed by atoms with E-state index in [1.807, 2.05) is 6.92 Å². The molecule has 2 aromatic heterocycles. The van der Waals surface area contributed by atoms with Crippen LogP contribution in [0.2, 0.25) is 0 Å². The molecule has 1 aliphatic carbocycles. The van der Waals surface area contributed by atoms with Gasteiger partial charge < -0.3 is 9.84 Å². The van der Waals surface area contributed by atoms with Crippen molar-refractivity contribution in [1.29, 1.82) is 0 Å². The monoisotopic (exact) mass is 246 g/mol. The number of rotatable bonds is 2. The van der Waals surface area contributed by atoms with Crippen molar-refractivity contribution in [3.05, 3.63) is 12.0 Å². The van der Waals surface area contributed by atoms with Gasteiger partial charge in [-0.15, -0.1) is 0 Å². The Kier molecular flexibility index (Phi) is 2.89. The zero-order chi connectivity index (χ0) is 12.5. The van der Waals surface area contributed by atoms with Gasteiger partial charge in [0, 0.05) is 6.04 Å². The van der Waals surface area contributed by atoms with Gasteiger partial charge in [-0.2, -0.15) is 4.98 Å². The van der Waals surface area contributed by atoms with E-state index >= 15 is 0 Å². The van der Waals surface area contributed by atoms with Crippen molar-refractivity contribution in [3.63, 3.8) is 0 Å². The van der Waals surface area contributed by atoms with E-state index in [9.17, 15) is 0 Å². The fourth-order valence-electron chi connectivity index (χ4n) is 2.74. The number of nitrogens with one attached hydrogen (secondary N) is 1. The molecule has 5 nitrogen and oxygen atoms in total. The highest BCUT2D eigenvalue weighted by Gasteiger charge is 2.23. The van der Waals surface area contributed by atoms with Gasteiger partial charge in [-0.05, 0) is 25.7 Å². The normalized spacial score (nSPS) is 24.3. The molecule has 18 heavy (non-hydrogen) atoms. The summed E-state index contributed by atoms with van der Waals surface area (Å²) in [6, 6.07) is 0.492. The summed E-state index contributed by atoms with van der Waals surface area (Å²) in [5.74, 6) is 1.54. The minimum absolute atomic E-state index is 0.492. The Morgan fingerprint density at radius 2 is 2.11 bits per heavy atom. The van der Waals surface area contributed by atoms with Crippen LogP contribution in [0.4, 0.5) is 5.82 Å². The van der Waals surface area contributed by atoms with Gasteiger partial charge in [0.15, 0.2) is 0 Å². The fraction of sp³-hybridized carbons (Fsp3) is 0.615. The Hall–Kier alpha value is -1.65. The van der Waals surface area contributed by atoms with Crippen molar-refractivity contribution < 1.29 is 4.52 Å². The van der Waals surface area contributed by atoms with Crippen LogP contribution in [0.5, 0.6) is 0 Å². The summed E-state index contributed by atoms with van der Waals surface area (Å²) in [7, 11) is 0. The molecule has 5 heteroatoms. The second kappa shape index (κ2) is 4.55. The maximum Gasteiger partial charge on any atom is 0.263 e. The van der Waals surface area contributed by atoms with Crippen LogP contribution in [0.25, 0.3) is 11.1 Å². The lowest BCUT2D eigenvalue weighted by atomic mass is 9.86. The molecule has 0 aromatic carbocycles. The Bertz CT molecular complexity index is 551. The van der Waals surface area contributed by atoms with Crippen molar-refractivity contribution in [2.75, 3.05) is 5.32 Å². The first kappa shape index (κ1) is 11.4. The van der Waals surface area contributed by atoms with Gasteiger partial charge >= 0.3 is 0 Å². The average Bonchev–Trinajstić information content (AvgIpc) is 2.75. The first-order valence-electron chi connectivity index (χ1n) is 6.59. The molecule has 0 bridgehead atoms. The second-order valence-electron chi connectivity index (χ2n) is 5.18. The average molecular weight is 246 g/mol. The third kappa shape index (κ3) is 1.94. The summed E-state index contributed by atoms with van der Waals surface area (Å²) in [6.45, 7) is 4.22. The number of anilines is 1. The molecule has 2 atom stereocenters. The van der Waals surface area contributed by atoms with Crippen molar-refractivity contribution in [2.24, 2.45) is 5.92 Å². The van der Waals surface area contributed by atoms with Crippen LogP contribution in [0.15, 0.2) is 10.9 Å². The summed E-state index contributed by atoms with van der Waals surface area (Å²) in [4.78, 5) is 8.44. The Morgan fingerprint density at radius 3 is 2.94 bits per heavy atom. The molecule has 1 saturated carbocycles. The number of nitrogens with zero attached hydrogens (tertiary/aromatic N) is 3. The molecule has 1 N–H and O–H groups in total. The molecule has 0 amide bonds. The predicted octanol–water partition coefficient (Wildman–Crippen LogP) is 2.92. The van der Waals surface area contributed by atoms with Crippen LogP contribution in [-0.4, -0.2) is 21.2 Å². The van der Waals surface area contributed by atoms with E-state index in [-0.39, 0.29) is 0 Å². The third-order valence-corrected chi connectivity index (χ3v) is 3.88. The lowest BCUT2D eigenvalue weighted by Crippen LogP contribution is -2.30. The minimum atomic E-state index is 0.492. The summed E-state index contributed by atoms with van der Waals surface area (Å²) in [5.41, 5.74) is 1.41. The van der Waals surface area contributed by atoms with Gasteiger partial charge in [0.1, 0.15) is 17.5 Å². The smallest absolute Gasteiger partial charge is 0.263 e. The van der Waals surface area contributed by atoms with E-state index in [4.69, 9.17) is 4.52 Å². The number of aryl methyl sites for hydroxylation is 1. The molecule has 2 heterocycles. The van der Waals surface area contributed by atoms with Crippen molar-refractivity contribution >= 4 is 16.9 Å². The van der Waals surface area contributed by atoms with Crippen molar-refractivity contribution in [2.45, 2.75) is 45.6 Å². The van der Waals surface area contributed by atoms with E-state index in [0.29, 0.717) is 17.7 Å². The first-order valence-corrected chi connectivity index (χ1v) is 6.59. The predicted molar refractivity (Wildman–Crippen MR) is 69.4 cm³/mol. The quantitative estimate of drug-likeness (QED) is 0.882. The SMILES string of the molecule is Cc1noc2ncnc(N[C@@H]3CCCC[C@H]3C)c12. The van der Waals surface area contributed by atoms with Crippen LogP contribution >= 0.6 is 0 Å². The second-order valence-corrected chi connectivity index (χ2v) is 5.18. The highest BCUT2D eigenvalue weighted by Crippen LogP contribution is 2.29. The van der Waals surface area contributed by atoms with Crippen LogP contribution in [0.1, 0.15) is 38.3 Å². The Morgan fingerprint density at radius 1 is 1.28 bits per heavy atom. The van der Waals surface area contributed by atoms with E-state index in [1.165, 1.54) is 32.0 Å². The molecule has 2 aromatic rings. The maximum atomic E-state index is 5.16. The highest BCUT2D eigenvalue weighted by atomic mass is 16.5. The van der Waals surface area contributed by atoms with E-state index in [0.717, 1.165) is 16.9 Å². The molecule has 0 aliphatic heterocycles. The van der Waals surface area contributed by atoms with E-state index in [2.05, 4.69) is 27.4 Å². The molecule has 1 fully saturated rings.